The molecule has 16 heavy (non-hydrogen) atoms. The Labute approximate surface area is 104 Å². The second kappa shape index (κ2) is 5.86. The van der Waals surface area contributed by atoms with Gasteiger partial charge in [0.2, 0.25) is 4.77 Å². The highest BCUT2D eigenvalue weighted by atomic mass is 32.2. The van der Waals surface area contributed by atoms with E-state index in [9.17, 15) is 0 Å². The molecule has 2 rings (SSSR count). The van der Waals surface area contributed by atoms with Crippen molar-refractivity contribution in [2.24, 2.45) is 0 Å². The van der Waals surface area contributed by atoms with E-state index in [4.69, 9.17) is 12.2 Å². The molecule has 1 heterocycles. The number of aryl methyl sites for hydroxylation is 1. The van der Waals surface area contributed by atoms with Crippen LogP contribution in [0.3, 0.4) is 0 Å². The molecule has 0 saturated carbocycles. The molecule has 0 saturated heterocycles. The van der Waals surface area contributed by atoms with Gasteiger partial charge in [0.15, 0.2) is 0 Å². The van der Waals surface area contributed by atoms with Crippen LogP contribution in [0, 0.1) is 4.77 Å². The van der Waals surface area contributed by atoms with Gasteiger partial charge in [0.1, 0.15) is 5.82 Å². The van der Waals surface area contributed by atoms with E-state index in [0.717, 1.165) is 24.4 Å². The molecule has 0 unspecified atom stereocenters. The lowest BCUT2D eigenvalue weighted by Gasteiger charge is -1.99. The predicted molar refractivity (Wildman–Crippen MR) is 69.3 cm³/mol. The largest absolute Gasteiger partial charge is 0.286 e. The fraction of sp³-hybridized carbons (Fsp3) is 0.273. The number of nitrogens with zero attached hydrogens (tertiary/aromatic N) is 1. The minimum absolute atomic E-state index is 0.533. The van der Waals surface area contributed by atoms with Gasteiger partial charge in [-0.25, -0.2) is 4.98 Å². The molecule has 0 atom stereocenters. The maximum Gasteiger partial charge on any atom is 0.213 e. The van der Waals surface area contributed by atoms with Crippen LogP contribution < -0.4 is 0 Å². The summed E-state index contributed by atoms with van der Waals surface area (Å²) in [7, 11) is 0. The van der Waals surface area contributed by atoms with Crippen molar-refractivity contribution in [1.29, 1.82) is 0 Å². The second-order valence-corrected chi connectivity index (χ2v) is 4.93. The second-order valence-electron chi connectivity index (χ2n) is 3.38. The van der Waals surface area contributed by atoms with E-state index in [0.29, 0.717) is 4.77 Å². The van der Waals surface area contributed by atoms with Crippen LogP contribution in [-0.4, -0.2) is 20.9 Å². The molecule has 0 spiro atoms. The summed E-state index contributed by atoms with van der Waals surface area (Å²) >= 11 is 6.75. The third-order valence-electron chi connectivity index (χ3n) is 2.12. The fourth-order valence-electron chi connectivity index (χ4n) is 1.37. The topological polar surface area (TPSA) is 44.5 Å². The quantitative estimate of drug-likeness (QED) is 0.487. The molecule has 2 N–H and O–H groups in total. The number of hydrogen-bond donors (Lipinski definition) is 2. The fourth-order valence-corrected chi connectivity index (χ4v) is 2.40. The summed E-state index contributed by atoms with van der Waals surface area (Å²) in [6.45, 7) is 0. The first-order chi connectivity index (χ1) is 7.84. The Morgan fingerprint density at radius 1 is 1.19 bits per heavy atom. The molecule has 0 amide bonds. The lowest BCUT2D eigenvalue weighted by molar-refractivity contribution is 0.848. The number of benzene rings is 1. The van der Waals surface area contributed by atoms with Gasteiger partial charge in [0.25, 0.3) is 0 Å². The van der Waals surface area contributed by atoms with Gasteiger partial charge in [-0.05, 0) is 36.5 Å². The van der Waals surface area contributed by atoms with Crippen molar-refractivity contribution in [2.75, 3.05) is 5.75 Å². The minimum atomic E-state index is 0.533. The molecule has 5 heteroatoms. The molecule has 0 radical (unpaired) electrons. The Morgan fingerprint density at radius 3 is 2.69 bits per heavy atom. The van der Waals surface area contributed by atoms with Crippen molar-refractivity contribution in [3.63, 3.8) is 0 Å². The zero-order valence-electron chi connectivity index (χ0n) is 8.77. The molecule has 1 aromatic heterocycles. The summed E-state index contributed by atoms with van der Waals surface area (Å²) in [4.78, 5) is 5.47. The molecule has 0 aliphatic heterocycles. The van der Waals surface area contributed by atoms with Crippen molar-refractivity contribution in [2.45, 2.75) is 17.7 Å². The molecule has 2 aromatic rings. The van der Waals surface area contributed by atoms with Gasteiger partial charge in [-0.1, -0.05) is 18.2 Å². The highest BCUT2D eigenvalue weighted by Crippen LogP contribution is 2.18. The molecule has 3 nitrogen and oxygen atoms in total. The van der Waals surface area contributed by atoms with E-state index in [1.54, 1.807) is 0 Å². The SMILES string of the molecule is S=c1nc(CCCSc2ccccc2)[nH][nH]1. The van der Waals surface area contributed by atoms with Crippen molar-refractivity contribution >= 4 is 24.0 Å². The number of aromatic amines is 2. The van der Waals surface area contributed by atoms with Crippen molar-refractivity contribution < 1.29 is 0 Å². The van der Waals surface area contributed by atoms with Crippen molar-refractivity contribution in [1.82, 2.24) is 15.2 Å². The summed E-state index contributed by atoms with van der Waals surface area (Å²) in [5.74, 6) is 2.04. The first-order valence-electron chi connectivity index (χ1n) is 5.16. The summed E-state index contributed by atoms with van der Waals surface area (Å²) in [6, 6.07) is 10.4. The van der Waals surface area contributed by atoms with Crippen molar-refractivity contribution in [3.05, 3.63) is 40.9 Å². The van der Waals surface area contributed by atoms with Crippen LogP contribution in [0.5, 0.6) is 0 Å². The van der Waals surface area contributed by atoms with E-state index in [2.05, 4.69) is 39.4 Å². The van der Waals surface area contributed by atoms with E-state index >= 15 is 0 Å². The van der Waals surface area contributed by atoms with Gasteiger partial charge < -0.3 is 0 Å². The predicted octanol–water partition coefficient (Wildman–Crippen LogP) is 3.19. The lowest BCUT2D eigenvalue weighted by Crippen LogP contribution is -1.90. The molecular weight excluding hydrogens is 238 g/mol. The zero-order valence-corrected chi connectivity index (χ0v) is 10.4. The van der Waals surface area contributed by atoms with Crippen LogP contribution in [-0.2, 0) is 6.42 Å². The Balaban J connectivity index is 1.71. The number of thioether (sulfide) groups is 1. The maximum absolute atomic E-state index is 4.89. The Bertz CT molecular complexity index is 475. The van der Waals surface area contributed by atoms with Gasteiger partial charge in [-0.3, -0.25) is 10.2 Å². The smallest absolute Gasteiger partial charge is 0.213 e. The van der Waals surface area contributed by atoms with Crippen LogP contribution in [0.25, 0.3) is 0 Å². The Morgan fingerprint density at radius 2 is 2.00 bits per heavy atom. The Kier molecular flexibility index (Phi) is 4.18. The summed E-state index contributed by atoms with van der Waals surface area (Å²) in [5.41, 5.74) is 0. The first kappa shape index (κ1) is 11.4. The first-order valence-corrected chi connectivity index (χ1v) is 6.55. The van der Waals surface area contributed by atoms with Crippen LogP contribution in [0.1, 0.15) is 12.2 Å². The normalized spacial score (nSPS) is 10.5. The number of hydrogen-bond acceptors (Lipinski definition) is 3. The summed E-state index contributed by atoms with van der Waals surface area (Å²) in [6.07, 6.45) is 2.03. The Hall–Kier alpha value is -1.07. The van der Waals surface area contributed by atoms with E-state index in [-0.39, 0.29) is 0 Å². The van der Waals surface area contributed by atoms with E-state index in [1.165, 1.54) is 4.90 Å². The summed E-state index contributed by atoms with van der Waals surface area (Å²) in [5, 5.41) is 5.75. The van der Waals surface area contributed by atoms with Gasteiger partial charge >= 0.3 is 0 Å². The van der Waals surface area contributed by atoms with Gasteiger partial charge in [-0.15, -0.1) is 11.8 Å². The summed E-state index contributed by atoms with van der Waals surface area (Å²) < 4.78 is 0.533. The number of rotatable bonds is 5. The molecule has 1 aromatic carbocycles. The monoisotopic (exact) mass is 251 g/mol. The van der Waals surface area contributed by atoms with Crippen LogP contribution in [0.4, 0.5) is 0 Å². The zero-order chi connectivity index (χ0) is 11.2. The highest BCUT2D eigenvalue weighted by molar-refractivity contribution is 7.99. The molecule has 84 valence electrons. The number of nitrogens with one attached hydrogen (secondary N) is 2. The van der Waals surface area contributed by atoms with Crippen LogP contribution in [0.2, 0.25) is 0 Å². The minimum Gasteiger partial charge on any atom is -0.286 e. The van der Waals surface area contributed by atoms with Gasteiger partial charge in [0, 0.05) is 11.3 Å². The van der Waals surface area contributed by atoms with Gasteiger partial charge in [-0.2, -0.15) is 0 Å². The van der Waals surface area contributed by atoms with E-state index in [1.807, 2.05) is 17.8 Å². The highest BCUT2D eigenvalue weighted by Gasteiger charge is 1.97. The van der Waals surface area contributed by atoms with E-state index < -0.39 is 0 Å². The molecule has 0 aliphatic rings. The van der Waals surface area contributed by atoms with Crippen LogP contribution in [0.15, 0.2) is 35.2 Å². The maximum atomic E-state index is 4.89. The molecule has 0 fully saturated rings. The molecule has 0 aliphatic carbocycles. The van der Waals surface area contributed by atoms with Crippen LogP contribution >= 0.6 is 24.0 Å². The third-order valence-corrected chi connectivity index (χ3v) is 3.41. The van der Waals surface area contributed by atoms with Crippen molar-refractivity contribution in [3.8, 4) is 0 Å². The average molecular weight is 251 g/mol. The molecule has 0 bridgehead atoms. The standard InChI is InChI=1S/C11H13N3S2/c15-11-12-10(13-14-11)7-4-8-16-9-5-2-1-3-6-9/h1-3,5-6H,4,7-8H2,(H2,12,13,14,15). The van der Waals surface area contributed by atoms with Gasteiger partial charge in [0.05, 0.1) is 0 Å². The molecular formula is C11H13N3S2. The lowest BCUT2D eigenvalue weighted by atomic mass is 10.3. The third kappa shape index (κ3) is 3.50. The number of H-pyrrole nitrogens is 2. The number of aromatic nitrogens is 3. The average Bonchev–Trinajstić information content (AvgIpc) is 2.72.